The van der Waals surface area contributed by atoms with E-state index in [1.165, 1.54) is 4.57 Å². The molecule has 0 fully saturated rings. The van der Waals surface area contributed by atoms with Crippen molar-refractivity contribution in [2.45, 2.75) is 72.2 Å². The summed E-state index contributed by atoms with van der Waals surface area (Å²) in [5.41, 5.74) is 3.58. The van der Waals surface area contributed by atoms with E-state index < -0.39 is 23.4 Å². The maximum absolute atomic E-state index is 13.9. The maximum atomic E-state index is 13.9. The van der Waals surface area contributed by atoms with Gasteiger partial charge in [-0.15, -0.1) is 0 Å². The lowest BCUT2D eigenvalue weighted by Crippen LogP contribution is -2.33. The van der Waals surface area contributed by atoms with Gasteiger partial charge in [0.2, 0.25) is 0 Å². The normalized spacial score (nSPS) is 11.8. The number of aromatic nitrogens is 1. The van der Waals surface area contributed by atoms with E-state index in [9.17, 15) is 9.59 Å². The molecule has 10 nitrogen and oxygen atoms in total. The van der Waals surface area contributed by atoms with Crippen LogP contribution in [0.2, 0.25) is 0 Å². The first-order valence-electron chi connectivity index (χ1n) is 16.5. The molecule has 1 heterocycles. The zero-order chi connectivity index (χ0) is 35.9. The minimum atomic E-state index is -0.746. The second-order valence-corrected chi connectivity index (χ2v) is 14.2. The van der Waals surface area contributed by atoms with Crippen LogP contribution in [0.4, 0.5) is 9.59 Å². The van der Waals surface area contributed by atoms with Crippen LogP contribution >= 0.6 is 0 Å². The van der Waals surface area contributed by atoms with Gasteiger partial charge in [-0.3, -0.25) is 0 Å². The molecule has 0 unspecified atom stereocenters. The van der Waals surface area contributed by atoms with Gasteiger partial charge in [0.05, 0.1) is 14.2 Å². The number of alkyl carbamates (subject to hydrolysis) is 1. The summed E-state index contributed by atoms with van der Waals surface area (Å²) in [5, 5.41) is 3.63. The van der Waals surface area contributed by atoms with Gasteiger partial charge in [-0.1, -0.05) is 42.5 Å². The van der Waals surface area contributed by atoms with E-state index in [1.807, 2.05) is 110 Å². The first kappa shape index (κ1) is 37.1. The Labute approximate surface area is 290 Å². The lowest BCUT2D eigenvalue weighted by molar-refractivity contribution is 0.0520. The molecule has 0 aliphatic carbocycles. The Morgan fingerprint density at radius 2 is 1.49 bits per heavy atom. The van der Waals surface area contributed by atoms with Crippen LogP contribution in [-0.2, 0) is 28.9 Å². The van der Waals surface area contributed by atoms with Crippen LogP contribution in [-0.4, -0.2) is 74.3 Å². The fourth-order valence-corrected chi connectivity index (χ4v) is 5.52. The Bertz CT molecular complexity index is 1750. The Kier molecular flexibility index (Phi) is 11.9. The molecule has 0 saturated heterocycles. The van der Waals surface area contributed by atoms with Crippen molar-refractivity contribution in [1.29, 1.82) is 0 Å². The van der Waals surface area contributed by atoms with Crippen LogP contribution in [0.1, 0.15) is 58.2 Å². The molecule has 0 atom stereocenters. The average Bonchev–Trinajstić information content (AvgIpc) is 3.40. The summed E-state index contributed by atoms with van der Waals surface area (Å²) < 4.78 is 31.4. The number of carbonyl (C=O) groups is 2. The van der Waals surface area contributed by atoms with E-state index >= 15 is 0 Å². The molecule has 0 radical (unpaired) electrons. The number of methoxy groups -OCH3 is 2. The van der Waals surface area contributed by atoms with Gasteiger partial charge in [-0.2, -0.15) is 0 Å². The number of likely N-dealkylation sites (N-methyl/N-ethyl adjacent to an activating group) is 1. The minimum absolute atomic E-state index is 0.251. The highest BCUT2D eigenvalue weighted by Gasteiger charge is 2.28. The highest BCUT2D eigenvalue weighted by Crippen LogP contribution is 2.47. The van der Waals surface area contributed by atoms with Gasteiger partial charge in [0.1, 0.15) is 23.3 Å². The third-order valence-electron chi connectivity index (χ3n) is 7.61. The van der Waals surface area contributed by atoms with E-state index in [0.717, 1.165) is 46.2 Å². The molecular formula is C39H51N3O7. The van der Waals surface area contributed by atoms with Gasteiger partial charge in [0.15, 0.2) is 17.2 Å². The molecule has 1 aromatic heterocycles. The van der Waals surface area contributed by atoms with Gasteiger partial charge in [-0.05, 0) is 97.3 Å². The predicted octanol–water partition coefficient (Wildman–Crippen LogP) is 7.86. The first-order chi connectivity index (χ1) is 23.1. The number of carbonyl (C=O) groups excluding carboxylic acids is 2. The summed E-state index contributed by atoms with van der Waals surface area (Å²) in [4.78, 5) is 28.5. The summed E-state index contributed by atoms with van der Waals surface area (Å²) in [6.45, 7) is 12.3. The number of amides is 1. The average molecular weight is 674 g/mol. The zero-order valence-corrected chi connectivity index (χ0v) is 30.6. The van der Waals surface area contributed by atoms with E-state index in [4.69, 9.17) is 23.7 Å². The fraction of sp³-hybridized carbons (Fsp3) is 0.436. The lowest BCUT2D eigenvalue weighted by atomic mass is 9.93. The monoisotopic (exact) mass is 673 g/mol. The minimum Gasteiger partial charge on any atom is -0.493 e. The van der Waals surface area contributed by atoms with Gasteiger partial charge < -0.3 is 33.9 Å². The Balaban J connectivity index is 1.97. The number of ether oxygens (including phenoxy) is 5. The van der Waals surface area contributed by atoms with Crippen molar-refractivity contribution in [2.75, 3.05) is 41.4 Å². The van der Waals surface area contributed by atoms with Crippen molar-refractivity contribution >= 4 is 23.1 Å². The number of nitrogens with zero attached hydrogens (tertiary/aromatic N) is 2. The number of fused-ring (bicyclic) bond motifs is 1. The predicted molar refractivity (Wildman–Crippen MR) is 193 cm³/mol. The van der Waals surface area contributed by atoms with Crippen LogP contribution in [0.15, 0.2) is 60.8 Å². The third kappa shape index (κ3) is 9.69. The largest absolute Gasteiger partial charge is 0.493 e. The summed E-state index contributed by atoms with van der Waals surface area (Å²) in [5.74, 6) is 1.65. The topological polar surface area (TPSA) is 100 Å². The maximum Gasteiger partial charge on any atom is 0.419 e. The van der Waals surface area contributed by atoms with Crippen molar-refractivity contribution in [3.8, 4) is 28.4 Å². The number of hydrogen-bond acceptors (Lipinski definition) is 8. The SMILES string of the molecule is COc1ccc(CCN(C)C)c(-c2ccc3c(CCNC(=O)OC(C)(C)C)cn(C(=O)OC(C)(C)C)c3c2OCc2ccccc2)c1OC. The van der Waals surface area contributed by atoms with Gasteiger partial charge in [-0.25, -0.2) is 14.2 Å². The van der Waals surface area contributed by atoms with Crippen LogP contribution in [0, 0.1) is 0 Å². The molecule has 264 valence electrons. The standard InChI is InChI=1S/C39H51N3O7/c1-38(2,3)48-36(43)40-22-20-28-24-42(37(44)49-39(4,5)6)33-29(28)17-18-30(34(33)47-25-26-14-12-11-13-15-26)32-27(21-23-41(7)8)16-19-31(45-9)35(32)46-10/h11-19,24H,20-23,25H2,1-10H3,(H,40,43). The second-order valence-electron chi connectivity index (χ2n) is 14.2. The summed E-state index contributed by atoms with van der Waals surface area (Å²) in [7, 11) is 7.31. The van der Waals surface area contributed by atoms with E-state index in [2.05, 4.69) is 10.2 Å². The van der Waals surface area contributed by atoms with Crippen molar-refractivity contribution < 1.29 is 33.3 Å². The van der Waals surface area contributed by atoms with Gasteiger partial charge in [0.25, 0.3) is 0 Å². The van der Waals surface area contributed by atoms with Gasteiger partial charge >= 0.3 is 12.2 Å². The third-order valence-corrected chi connectivity index (χ3v) is 7.61. The molecule has 3 aromatic carbocycles. The van der Waals surface area contributed by atoms with Crippen molar-refractivity contribution in [2.24, 2.45) is 0 Å². The number of benzene rings is 3. The molecule has 4 rings (SSSR count). The smallest absolute Gasteiger partial charge is 0.419 e. The number of rotatable bonds is 12. The summed E-state index contributed by atoms with van der Waals surface area (Å²) in [6.07, 6.45) is 1.88. The van der Waals surface area contributed by atoms with Crippen molar-refractivity contribution in [3.05, 3.63) is 77.5 Å². The molecule has 1 N–H and O–H groups in total. The summed E-state index contributed by atoms with van der Waals surface area (Å²) >= 11 is 0. The molecule has 1 amide bonds. The highest BCUT2D eigenvalue weighted by atomic mass is 16.6. The molecule has 0 spiro atoms. The molecule has 0 saturated carbocycles. The second kappa shape index (κ2) is 15.7. The van der Waals surface area contributed by atoms with Crippen molar-refractivity contribution in [3.63, 3.8) is 0 Å². The quantitative estimate of drug-likeness (QED) is 0.162. The number of nitrogens with one attached hydrogen (secondary N) is 1. The van der Waals surface area contributed by atoms with Crippen LogP contribution in [0.25, 0.3) is 22.0 Å². The molecule has 49 heavy (non-hydrogen) atoms. The van der Waals surface area contributed by atoms with Gasteiger partial charge in [0, 0.05) is 35.8 Å². The fourth-order valence-electron chi connectivity index (χ4n) is 5.52. The Morgan fingerprint density at radius 3 is 2.10 bits per heavy atom. The van der Waals surface area contributed by atoms with Crippen LogP contribution in [0.5, 0.6) is 17.2 Å². The summed E-state index contributed by atoms with van der Waals surface area (Å²) in [6, 6.07) is 17.8. The zero-order valence-electron chi connectivity index (χ0n) is 30.6. The molecule has 0 aliphatic heterocycles. The van der Waals surface area contributed by atoms with Crippen LogP contribution < -0.4 is 19.5 Å². The van der Waals surface area contributed by atoms with E-state index in [0.29, 0.717) is 35.7 Å². The lowest BCUT2D eigenvalue weighted by Gasteiger charge is -2.23. The molecule has 4 aromatic rings. The molecule has 0 bridgehead atoms. The van der Waals surface area contributed by atoms with E-state index in [1.54, 1.807) is 20.4 Å². The highest BCUT2D eigenvalue weighted by molar-refractivity contribution is 6.01. The molecular weight excluding hydrogens is 622 g/mol. The van der Waals surface area contributed by atoms with Crippen LogP contribution in [0.3, 0.4) is 0 Å². The van der Waals surface area contributed by atoms with Crippen molar-refractivity contribution in [1.82, 2.24) is 14.8 Å². The molecule has 0 aliphatic rings. The molecule has 10 heteroatoms. The Morgan fingerprint density at radius 1 is 0.796 bits per heavy atom. The van der Waals surface area contributed by atoms with E-state index in [-0.39, 0.29) is 6.61 Å². The number of hydrogen-bond donors (Lipinski definition) is 1. The first-order valence-corrected chi connectivity index (χ1v) is 16.5. The Hall–Kier alpha value is -4.70.